The Morgan fingerprint density at radius 3 is 2.26 bits per heavy atom. The Hall–Kier alpha value is -5.02. The van der Waals surface area contributed by atoms with E-state index < -0.39 is 35.5 Å². The van der Waals surface area contributed by atoms with Gasteiger partial charge in [0.1, 0.15) is 17.7 Å². The molecular weight excluding hydrogens is 580 g/mol. The Morgan fingerprint density at radius 2 is 1.52 bits per heavy atom. The van der Waals surface area contributed by atoms with Gasteiger partial charge in [-0.05, 0) is 61.1 Å². The van der Waals surface area contributed by atoms with E-state index in [2.05, 4.69) is 20.9 Å². The molecule has 2 heterocycles. The van der Waals surface area contributed by atoms with E-state index in [4.69, 9.17) is 4.74 Å². The van der Waals surface area contributed by atoms with Crippen LogP contribution in [0.15, 0.2) is 90.6 Å². The van der Waals surface area contributed by atoms with Gasteiger partial charge >= 0.3 is 0 Å². The maximum Gasteiger partial charge on any atom is 0.248 e. The number of para-hydroxylation sites is 1. The number of H-pyrrole nitrogens is 1. The van der Waals surface area contributed by atoms with Crippen LogP contribution in [0.5, 0.6) is 0 Å². The molecule has 46 heavy (non-hydrogen) atoms. The van der Waals surface area contributed by atoms with E-state index in [1.54, 1.807) is 13.8 Å². The number of hydrogen-bond acceptors (Lipinski definition) is 5. The fourth-order valence-corrected chi connectivity index (χ4v) is 6.10. The van der Waals surface area contributed by atoms with Crippen molar-refractivity contribution in [2.45, 2.75) is 63.8 Å². The number of aromatic amines is 1. The number of amides is 3. The fourth-order valence-electron chi connectivity index (χ4n) is 6.10. The average Bonchev–Trinajstić information content (AvgIpc) is 3.55. The lowest BCUT2D eigenvalue weighted by Gasteiger charge is -2.25. The van der Waals surface area contributed by atoms with Gasteiger partial charge in [0.05, 0.1) is 12.6 Å². The van der Waals surface area contributed by atoms with E-state index in [9.17, 15) is 19.2 Å². The molecule has 236 valence electrons. The molecular formula is C37H38N4O5. The molecule has 0 saturated carbocycles. The van der Waals surface area contributed by atoms with Crippen LogP contribution in [-0.2, 0) is 43.2 Å². The maximum absolute atomic E-state index is 14.0. The number of hydrogen-bond donors (Lipinski definition) is 4. The second-order valence-corrected chi connectivity index (χ2v) is 12.4. The van der Waals surface area contributed by atoms with Gasteiger partial charge in [0.25, 0.3) is 0 Å². The number of benzene rings is 3. The molecule has 1 aliphatic carbocycles. The average molecular weight is 619 g/mol. The van der Waals surface area contributed by atoms with E-state index >= 15 is 0 Å². The number of allylic oxidation sites excluding steroid dienone is 1. The molecule has 1 fully saturated rings. The first kappa shape index (κ1) is 31.0. The number of ketones is 1. The summed E-state index contributed by atoms with van der Waals surface area (Å²) in [6, 6.07) is 22.2. The molecule has 9 nitrogen and oxygen atoms in total. The highest BCUT2D eigenvalue weighted by Crippen LogP contribution is 2.32. The Kier molecular flexibility index (Phi) is 8.60. The molecule has 4 N–H and O–H groups in total. The number of nitrogens with one attached hydrogen (secondary N) is 4. The molecule has 4 unspecified atom stereocenters. The zero-order valence-corrected chi connectivity index (χ0v) is 26.2. The van der Waals surface area contributed by atoms with Gasteiger partial charge in [-0.3, -0.25) is 19.2 Å². The van der Waals surface area contributed by atoms with Crippen LogP contribution in [0.4, 0.5) is 0 Å². The highest BCUT2D eigenvalue weighted by atomic mass is 16.6. The molecule has 4 atom stereocenters. The van der Waals surface area contributed by atoms with Crippen molar-refractivity contribution in [3.8, 4) is 0 Å². The lowest BCUT2D eigenvalue weighted by molar-refractivity contribution is -0.133. The first-order valence-corrected chi connectivity index (χ1v) is 15.6. The summed E-state index contributed by atoms with van der Waals surface area (Å²) < 4.78 is 5.44. The fraction of sp³-hybridized carbons (Fsp3) is 0.297. The first-order chi connectivity index (χ1) is 22.1. The summed E-state index contributed by atoms with van der Waals surface area (Å²) in [7, 11) is 0. The van der Waals surface area contributed by atoms with E-state index in [-0.39, 0.29) is 24.5 Å². The summed E-state index contributed by atoms with van der Waals surface area (Å²) >= 11 is 0. The van der Waals surface area contributed by atoms with Crippen molar-refractivity contribution in [1.29, 1.82) is 0 Å². The van der Waals surface area contributed by atoms with Crippen molar-refractivity contribution in [2.24, 2.45) is 0 Å². The van der Waals surface area contributed by atoms with Crippen LogP contribution in [0.25, 0.3) is 16.5 Å². The summed E-state index contributed by atoms with van der Waals surface area (Å²) in [6.07, 6.45) is 2.76. The van der Waals surface area contributed by atoms with Crippen molar-refractivity contribution in [1.82, 2.24) is 20.9 Å². The van der Waals surface area contributed by atoms with Gasteiger partial charge in [-0.25, -0.2) is 0 Å². The Labute approximate surface area is 267 Å². The highest BCUT2D eigenvalue weighted by Gasteiger charge is 2.50. The van der Waals surface area contributed by atoms with Crippen molar-refractivity contribution in [2.75, 3.05) is 6.61 Å². The van der Waals surface area contributed by atoms with E-state index in [1.807, 2.05) is 92.0 Å². The molecule has 2 aliphatic rings. The smallest absolute Gasteiger partial charge is 0.248 e. The Morgan fingerprint density at radius 1 is 0.848 bits per heavy atom. The van der Waals surface area contributed by atoms with Crippen molar-refractivity contribution < 1.29 is 23.9 Å². The van der Waals surface area contributed by atoms with Gasteiger partial charge in [0, 0.05) is 35.5 Å². The van der Waals surface area contributed by atoms with Gasteiger partial charge in [-0.15, -0.1) is 0 Å². The van der Waals surface area contributed by atoms with E-state index in [0.717, 1.165) is 38.7 Å². The quantitative estimate of drug-likeness (QED) is 0.179. The zero-order valence-electron chi connectivity index (χ0n) is 26.2. The molecule has 0 radical (unpaired) electrons. The molecule has 0 spiro atoms. The topological polar surface area (TPSA) is 133 Å². The molecule has 9 heteroatoms. The Balaban J connectivity index is 1.21. The number of carbonyl (C=O) groups is 4. The first-order valence-electron chi connectivity index (χ1n) is 15.6. The van der Waals surface area contributed by atoms with Gasteiger partial charge in [0.15, 0.2) is 5.78 Å². The van der Waals surface area contributed by atoms with Crippen LogP contribution in [0.1, 0.15) is 43.0 Å². The van der Waals surface area contributed by atoms with Crippen LogP contribution < -0.4 is 16.0 Å². The largest absolute Gasteiger partial charge is 0.361 e. The molecule has 4 aromatic rings. The minimum Gasteiger partial charge on any atom is -0.361 e. The summed E-state index contributed by atoms with van der Waals surface area (Å²) in [5, 5.41) is 9.55. The molecule has 6 rings (SSSR count). The van der Waals surface area contributed by atoms with Crippen LogP contribution in [0.2, 0.25) is 0 Å². The lowest BCUT2D eigenvalue weighted by Crippen LogP contribution is -2.57. The number of Topliss-reactive ketones (excluding diaryl/α,β-unsaturated/α-hetero) is 1. The molecule has 1 aromatic heterocycles. The second-order valence-electron chi connectivity index (χ2n) is 12.4. The van der Waals surface area contributed by atoms with E-state index in [0.29, 0.717) is 18.6 Å². The van der Waals surface area contributed by atoms with Crippen molar-refractivity contribution in [3.63, 3.8) is 0 Å². The normalized spacial score (nSPS) is 18.8. The maximum atomic E-state index is 14.0. The zero-order chi connectivity index (χ0) is 32.4. The predicted octanol–water partition coefficient (Wildman–Crippen LogP) is 3.82. The van der Waals surface area contributed by atoms with Crippen LogP contribution in [0, 0.1) is 0 Å². The van der Waals surface area contributed by atoms with Gasteiger partial charge in [0.2, 0.25) is 17.7 Å². The summed E-state index contributed by atoms with van der Waals surface area (Å²) in [6.45, 7) is 5.52. The molecule has 3 amide bonds. The van der Waals surface area contributed by atoms with Crippen molar-refractivity contribution >= 4 is 40.0 Å². The molecule has 1 saturated heterocycles. The summed E-state index contributed by atoms with van der Waals surface area (Å²) in [5.41, 5.74) is 5.28. The third-order valence-electron chi connectivity index (χ3n) is 9.00. The standard InChI is InChI=1S/C37H38N4O5/c1-22-27-14-8-7-13-25(27)18-29(22)35(44)39-23(2)34(43)41-32(19-26-20-38-30-16-10-9-15-28(26)30)36(45)40-31(33(42)37(3)21-46-37)17-24-11-5-4-6-12-24/h4-16,20,23,31-32,38H,17-19,21H2,1-3H3,(H,39,44)(H,40,45)(H,41,43). The predicted molar refractivity (Wildman–Crippen MR) is 176 cm³/mol. The lowest BCUT2D eigenvalue weighted by atomic mass is 9.94. The van der Waals surface area contributed by atoms with E-state index in [1.165, 1.54) is 0 Å². The molecule has 3 aromatic carbocycles. The highest BCUT2D eigenvalue weighted by molar-refractivity contribution is 6.05. The monoisotopic (exact) mass is 618 g/mol. The van der Waals surface area contributed by atoms with Crippen molar-refractivity contribution in [3.05, 3.63) is 113 Å². The number of carbonyl (C=O) groups excluding carboxylic acids is 4. The summed E-state index contributed by atoms with van der Waals surface area (Å²) in [5.74, 6) is -1.55. The SMILES string of the molecule is CC1=C(C(=O)NC(C)C(=O)NC(Cc2c[nH]c3ccccc23)C(=O)NC(Cc2ccccc2)C(=O)C2(C)CO2)Cc2ccccc21. The summed E-state index contributed by atoms with van der Waals surface area (Å²) in [4.78, 5) is 57.5. The van der Waals surface area contributed by atoms with Gasteiger partial charge in [-0.1, -0.05) is 72.8 Å². The Bertz CT molecular complexity index is 1840. The third kappa shape index (κ3) is 6.50. The van der Waals surface area contributed by atoms with Crippen LogP contribution >= 0.6 is 0 Å². The molecule has 1 aliphatic heterocycles. The van der Waals surface area contributed by atoms with Crippen LogP contribution in [0.3, 0.4) is 0 Å². The minimum absolute atomic E-state index is 0.168. The molecule has 0 bridgehead atoms. The van der Waals surface area contributed by atoms with Gasteiger partial charge in [-0.2, -0.15) is 0 Å². The minimum atomic E-state index is -1.03. The number of aromatic nitrogens is 1. The number of ether oxygens (including phenoxy) is 1. The number of fused-ring (bicyclic) bond motifs is 2. The third-order valence-corrected chi connectivity index (χ3v) is 9.00. The number of epoxide rings is 1. The van der Waals surface area contributed by atoms with Crippen LogP contribution in [-0.4, -0.2) is 58.8 Å². The van der Waals surface area contributed by atoms with Gasteiger partial charge < -0.3 is 25.7 Å². The second kappa shape index (κ2) is 12.8. The number of rotatable bonds is 12.